The smallest absolute Gasteiger partial charge is 0.308 e. The molecule has 5 heterocycles. The molecular formula is C23H25FN6O2. The van der Waals surface area contributed by atoms with Gasteiger partial charge in [-0.2, -0.15) is 4.39 Å². The largest absolute Gasteiger partial charge is 0.488 e. The molecule has 3 aliphatic heterocycles. The molecule has 7 rings (SSSR count). The topological polar surface area (TPSA) is 99.3 Å². The predicted molar refractivity (Wildman–Crippen MR) is 117 cm³/mol. The molecule has 0 amide bonds. The molecule has 3 aromatic rings. The molecular weight excluding hydrogens is 411 g/mol. The van der Waals surface area contributed by atoms with Crippen molar-refractivity contribution in [2.45, 2.75) is 56.5 Å². The van der Waals surface area contributed by atoms with Gasteiger partial charge in [-0.1, -0.05) is 0 Å². The number of nitrogens with two attached hydrogens (primary N) is 1. The molecule has 8 nitrogen and oxygen atoms in total. The van der Waals surface area contributed by atoms with Crippen LogP contribution in [0.2, 0.25) is 0 Å². The number of fused-ring (bicyclic) bond motifs is 3. The zero-order valence-corrected chi connectivity index (χ0v) is 17.7. The molecule has 0 spiro atoms. The molecule has 2 unspecified atom stereocenters. The third-order valence-corrected chi connectivity index (χ3v) is 6.65. The van der Waals surface area contributed by atoms with E-state index in [0.717, 1.165) is 62.1 Å². The molecule has 32 heavy (non-hydrogen) atoms. The molecule has 166 valence electrons. The number of aromatic nitrogens is 4. The Morgan fingerprint density at radius 2 is 1.72 bits per heavy atom. The average Bonchev–Trinajstić information content (AvgIpc) is 2.80. The van der Waals surface area contributed by atoms with Crippen LogP contribution < -0.4 is 15.4 Å². The zero-order valence-electron chi connectivity index (χ0n) is 17.7. The molecule has 1 saturated carbocycles. The van der Waals surface area contributed by atoms with Crippen LogP contribution in [0.25, 0.3) is 22.3 Å². The lowest BCUT2D eigenvalue weighted by molar-refractivity contribution is -0.133. The van der Waals surface area contributed by atoms with Crippen LogP contribution in [-0.4, -0.2) is 57.4 Å². The van der Waals surface area contributed by atoms with Gasteiger partial charge in [0.15, 0.2) is 0 Å². The van der Waals surface area contributed by atoms with E-state index in [9.17, 15) is 4.39 Å². The number of ether oxygens (including phenoxy) is 2. The van der Waals surface area contributed by atoms with Crippen LogP contribution in [0.4, 0.5) is 10.1 Å². The predicted octanol–water partition coefficient (Wildman–Crippen LogP) is 2.85. The molecule has 1 aromatic carbocycles. The number of morpholine rings is 1. The standard InChI is InChI=1S/C23H25FN6O2/c24-23-27-8-13(9-28-23)20-10-26-22-19(29-20)5-15(30-11-17-7-18(12-30)31-17)6-21(22)32-16-3-1-14(25)2-4-16/h5-6,8-10,14,16-18H,1-4,7,11-12,25H2/t14-,16+,17?,18?. The van der Waals surface area contributed by atoms with E-state index in [-0.39, 0.29) is 12.1 Å². The molecule has 0 radical (unpaired) electrons. The molecule has 1 aliphatic carbocycles. The fourth-order valence-corrected chi connectivity index (χ4v) is 4.89. The van der Waals surface area contributed by atoms with Crippen LogP contribution in [0.5, 0.6) is 5.75 Å². The second-order valence-corrected chi connectivity index (χ2v) is 8.98. The van der Waals surface area contributed by atoms with E-state index in [1.54, 1.807) is 6.20 Å². The van der Waals surface area contributed by atoms with Crippen LogP contribution in [-0.2, 0) is 4.74 Å². The van der Waals surface area contributed by atoms with Gasteiger partial charge in [-0.3, -0.25) is 0 Å². The molecule has 4 aliphatic rings. The van der Waals surface area contributed by atoms with E-state index in [0.29, 0.717) is 29.0 Å². The van der Waals surface area contributed by atoms with Crippen molar-refractivity contribution in [2.75, 3.05) is 18.0 Å². The van der Waals surface area contributed by atoms with Crippen molar-refractivity contribution in [1.29, 1.82) is 0 Å². The Bertz CT molecular complexity index is 1120. The van der Waals surface area contributed by atoms with E-state index in [1.165, 1.54) is 12.4 Å². The average molecular weight is 436 g/mol. The van der Waals surface area contributed by atoms with Crippen LogP contribution in [0.1, 0.15) is 32.1 Å². The highest BCUT2D eigenvalue weighted by molar-refractivity contribution is 5.87. The van der Waals surface area contributed by atoms with Gasteiger partial charge in [0.2, 0.25) is 0 Å². The Morgan fingerprint density at radius 3 is 2.44 bits per heavy atom. The molecule has 3 saturated heterocycles. The van der Waals surface area contributed by atoms with Crippen molar-refractivity contribution in [1.82, 2.24) is 19.9 Å². The molecule has 2 aromatic heterocycles. The van der Waals surface area contributed by atoms with Crippen LogP contribution >= 0.6 is 0 Å². The summed E-state index contributed by atoms with van der Waals surface area (Å²) in [7, 11) is 0. The third kappa shape index (κ3) is 3.75. The Labute approximate surface area is 185 Å². The third-order valence-electron chi connectivity index (χ3n) is 6.65. The molecule has 4 fully saturated rings. The first-order chi connectivity index (χ1) is 15.6. The lowest BCUT2D eigenvalue weighted by Crippen LogP contribution is -2.57. The molecule has 9 heteroatoms. The quantitative estimate of drug-likeness (QED) is 0.624. The van der Waals surface area contributed by atoms with Gasteiger partial charge in [0.05, 0.1) is 35.7 Å². The summed E-state index contributed by atoms with van der Waals surface area (Å²) in [5.74, 6) is 0.743. The summed E-state index contributed by atoms with van der Waals surface area (Å²) < 4.78 is 25.4. The highest BCUT2D eigenvalue weighted by atomic mass is 19.1. The fraction of sp³-hybridized carbons (Fsp3) is 0.478. The van der Waals surface area contributed by atoms with Gasteiger partial charge in [-0.25, -0.2) is 19.9 Å². The van der Waals surface area contributed by atoms with Crippen molar-refractivity contribution in [3.05, 3.63) is 36.8 Å². The lowest BCUT2D eigenvalue weighted by Gasteiger charge is -2.48. The van der Waals surface area contributed by atoms with E-state index in [4.69, 9.17) is 20.2 Å². The van der Waals surface area contributed by atoms with Crippen molar-refractivity contribution >= 4 is 16.7 Å². The van der Waals surface area contributed by atoms with Crippen molar-refractivity contribution in [3.8, 4) is 17.0 Å². The Balaban J connectivity index is 1.38. The summed E-state index contributed by atoms with van der Waals surface area (Å²) in [4.78, 5) is 19.1. The summed E-state index contributed by atoms with van der Waals surface area (Å²) in [5.41, 5.74) is 9.78. The first kappa shape index (κ1) is 19.8. The van der Waals surface area contributed by atoms with Crippen molar-refractivity contribution < 1.29 is 13.9 Å². The first-order valence-electron chi connectivity index (χ1n) is 11.2. The monoisotopic (exact) mass is 436 g/mol. The van der Waals surface area contributed by atoms with Crippen molar-refractivity contribution in [3.63, 3.8) is 0 Å². The number of hydrogen-bond donors (Lipinski definition) is 1. The normalized spacial score (nSPS) is 27.2. The van der Waals surface area contributed by atoms with Gasteiger partial charge >= 0.3 is 6.08 Å². The van der Waals surface area contributed by atoms with E-state index in [1.807, 2.05) is 6.07 Å². The van der Waals surface area contributed by atoms with Gasteiger partial charge in [-0.05, 0) is 31.7 Å². The maximum absolute atomic E-state index is 13.2. The number of anilines is 1. The SMILES string of the molecule is N[C@H]1CC[C@@H](Oc2cc(N3CC4CC(C3)O4)cc3nc(-c4cnc(F)nc4)cnc23)CC1. The molecule has 2 atom stereocenters. The number of rotatable bonds is 4. The van der Waals surface area contributed by atoms with E-state index < -0.39 is 6.08 Å². The first-order valence-corrected chi connectivity index (χ1v) is 11.2. The van der Waals surface area contributed by atoms with E-state index in [2.05, 4.69) is 25.9 Å². The van der Waals surface area contributed by atoms with E-state index >= 15 is 0 Å². The summed E-state index contributed by atoms with van der Waals surface area (Å²) in [6, 6.07) is 4.39. The van der Waals surface area contributed by atoms with Crippen molar-refractivity contribution in [2.24, 2.45) is 5.73 Å². The highest BCUT2D eigenvalue weighted by Gasteiger charge is 2.38. The van der Waals surface area contributed by atoms with Gasteiger partial charge in [0.1, 0.15) is 11.3 Å². The van der Waals surface area contributed by atoms with Crippen LogP contribution in [0, 0.1) is 6.08 Å². The minimum atomic E-state index is -0.765. The van der Waals surface area contributed by atoms with Crippen LogP contribution in [0.15, 0.2) is 30.7 Å². The number of piperidine rings is 1. The minimum Gasteiger partial charge on any atom is -0.488 e. The maximum atomic E-state index is 13.2. The zero-order chi connectivity index (χ0) is 21.7. The van der Waals surface area contributed by atoms with Gasteiger partial charge < -0.3 is 20.1 Å². The lowest BCUT2D eigenvalue weighted by atomic mass is 9.93. The number of nitrogens with zero attached hydrogens (tertiary/aromatic N) is 5. The van der Waals surface area contributed by atoms with Gasteiger partial charge in [0.25, 0.3) is 0 Å². The summed E-state index contributed by atoms with van der Waals surface area (Å²) in [6.45, 7) is 1.72. The summed E-state index contributed by atoms with van der Waals surface area (Å²) in [5, 5.41) is 0. The summed E-state index contributed by atoms with van der Waals surface area (Å²) in [6.07, 6.45) is 9.38. The summed E-state index contributed by atoms with van der Waals surface area (Å²) >= 11 is 0. The number of hydrogen-bond acceptors (Lipinski definition) is 8. The Kier molecular flexibility index (Phi) is 4.87. The second-order valence-electron chi connectivity index (χ2n) is 8.98. The highest BCUT2D eigenvalue weighted by Crippen LogP contribution is 2.37. The maximum Gasteiger partial charge on any atom is 0.308 e. The number of benzene rings is 1. The molecule has 2 N–H and O–H groups in total. The van der Waals surface area contributed by atoms with Gasteiger partial charge in [-0.15, -0.1) is 0 Å². The second kappa shape index (κ2) is 7.90. The Hall–Kier alpha value is -2.91. The Morgan fingerprint density at radius 1 is 1.00 bits per heavy atom. The number of halogens is 1. The van der Waals surface area contributed by atoms with Crippen LogP contribution in [0.3, 0.4) is 0 Å². The van der Waals surface area contributed by atoms with Gasteiger partial charge in [0, 0.05) is 55.3 Å². The fourth-order valence-electron chi connectivity index (χ4n) is 4.89. The minimum absolute atomic E-state index is 0.123. The molecule has 2 bridgehead atoms.